The van der Waals surface area contributed by atoms with Crippen molar-refractivity contribution in [1.82, 2.24) is 15.3 Å². The number of nitrogens with one attached hydrogen (secondary N) is 2. The van der Waals surface area contributed by atoms with Crippen molar-refractivity contribution in [3.63, 3.8) is 0 Å². The highest BCUT2D eigenvalue weighted by atomic mass is 127. The number of aromatic nitrogens is 2. The quantitative estimate of drug-likeness (QED) is 0.796. The standard InChI is InChI=1S/C9H11IN4/c10-6-3-11-4-13-9(6)14-8-5-1-7(8)12-2-5/h3-5,7-8,12H,1-2H2,(H,11,13,14). The van der Waals surface area contributed by atoms with Crippen molar-refractivity contribution >= 4 is 28.4 Å². The smallest absolute Gasteiger partial charge is 0.143 e. The molecule has 1 aromatic heterocycles. The number of anilines is 1. The van der Waals surface area contributed by atoms with E-state index in [0.29, 0.717) is 12.1 Å². The molecule has 1 aromatic rings. The monoisotopic (exact) mass is 302 g/mol. The Morgan fingerprint density at radius 3 is 3.14 bits per heavy atom. The van der Waals surface area contributed by atoms with E-state index in [1.54, 1.807) is 6.33 Å². The van der Waals surface area contributed by atoms with Crippen molar-refractivity contribution in [2.45, 2.75) is 18.5 Å². The van der Waals surface area contributed by atoms with Crippen LogP contribution in [0.4, 0.5) is 5.82 Å². The van der Waals surface area contributed by atoms with Gasteiger partial charge in [-0.3, -0.25) is 0 Å². The highest BCUT2D eigenvalue weighted by molar-refractivity contribution is 14.1. The van der Waals surface area contributed by atoms with E-state index in [2.05, 4.69) is 43.2 Å². The van der Waals surface area contributed by atoms with Crippen LogP contribution in [0.1, 0.15) is 6.42 Å². The van der Waals surface area contributed by atoms with Crippen LogP contribution >= 0.6 is 22.6 Å². The lowest BCUT2D eigenvalue weighted by atomic mass is 9.80. The van der Waals surface area contributed by atoms with E-state index < -0.39 is 0 Å². The van der Waals surface area contributed by atoms with Crippen molar-refractivity contribution in [1.29, 1.82) is 0 Å². The third kappa shape index (κ3) is 1.30. The van der Waals surface area contributed by atoms with Gasteiger partial charge in [-0.2, -0.15) is 0 Å². The molecule has 3 aliphatic rings. The van der Waals surface area contributed by atoms with Crippen molar-refractivity contribution in [2.75, 3.05) is 11.9 Å². The van der Waals surface area contributed by atoms with Crippen LogP contribution in [0, 0.1) is 9.49 Å². The van der Waals surface area contributed by atoms with Gasteiger partial charge in [-0.25, -0.2) is 9.97 Å². The summed E-state index contributed by atoms with van der Waals surface area (Å²) in [6.07, 6.45) is 4.75. The second-order valence-electron chi connectivity index (χ2n) is 3.90. The van der Waals surface area contributed by atoms with Gasteiger partial charge < -0.3 is 10.6 Å². The Balaban J connectivity index is 1.76. The molecule has 4 nitrogen and oxygen atoms in total. The zero-order valence-electron chi connectivity index (χ0n) is 7.57. The summed E-state index contributed by atoms with van der Waals surface area (Å²) in [5.41, 5.74) is 0. The Kier molecular flexibility index (Phi) is 2.09. The van der Waals surface area contributed by atoms with E-state index in [0.717, 1.165) is 21.9 Å². The van der Waals surface area contributed by atoms with Crippen molar-refractivity contribution in [3.8, 4) is 0 Å². The van der Waals surface area contributed by atoms with Crippen molar-refractivity contribution in [3.05, 3.63) is 16.1 Å². The van der Waals surface area contributed by atoms with Crippen LogP contribution in [-0.2, 0) is 0 Å². The average molecular weight is 302 g/mol. The number of nitrogens with zero attached hydrogens (tertiary/aromatic N) is 2. The maximum absolute atomic E-state index is 4.24. The molecular formula is C9H11IN4. The van der Waals surface area contributed by atoms with E-state index in [4.69, 9.17) is 0 Å². The molecule has 0 aromatic carbocycles. The van der Waals surface area contributed by atoms with Crippen LogP contribution < -0.4 is 10.6 Å². The summed E-state index contributed by atoms with van der Waals surface area (Å²) >= 11 is 2.26. The minimum atomic E-state index is 0.582. The van der Waals surface area contributed by atoms with Gasteiger partial charge in [0.15, 0.2) is 0 Å². The fourth-order valence-corrected chi connectivity index (χ4v) is 2.73. The highest BCUT2D eigenvalue weighted by Crippen LogP contribution is 2.36. The molecule has 0 radical (unpaired) electrons. The lowest BCUT2D eigenvalue weighted by Crippen LogP contribution is -2.47. The minimum absolute atomic E-state index is 0.582. The van der Waals surface area contributed by atoms with Gasteiger partial charge in [0.1, 0.15) is 12.1 Å². The van der Waals surface area contributed by atoms with Gasteiger partial charge in [-0.1, -0.05) is 0 Å². The Morgan fingerprint density at radius 1 is 1.57 bits per heavy atom. The summed E-state index contributed by atoms with van der Waals surface area (Å²) in [5.74, 6) is 1.77. The molecule has 3 unspecified atom stereocenters. The lowest BCUT2D eigenvalue weighted by Gasteiger charge is -2.35. The summed E-state index contributed by atoms with van der Waals surface area (Å²) < 4.78 is 1.09. The predicted molar refractivity (Wildman–Crippen MR) is 62.1 cm³/mol. The Labute approximate surface area is 96.0 Å². The molecule has 14 heavy (non-hydrogen) atoms. The molecule has 2 N–H and O–H groups in total. The average Bonchev–Trinajstić information content (AvgIpc) is 2.78. The molecule has 1 saturated carbocycles. The second kappa shape index (κ2) is 3.30. The molecule has 0 spiro atoms. The Bertz CT molecular complexity index is 342. The van der Waals surface area contributed by atoms with Gasteiger partial charge in [0.05, 0.1) is 3.57 Å². The number of fused-ring (bicyclic) bond motifs is 1. The lowest BCUT2D eigenvalue weighted by molar-refractivity contribution is 0.326. The third-order valence-electron chi connectivity index (χ3n) is 3.11. The largest absolute Gasteiger partial charge is 0.364 e. The van der Waals surface area contributed by atoms with Crippen LogP contribution in [0.2, 0.25) is 0 Å². The van der Waals surface area contributed by atoms with Crippen LogP contribution in [0.3, 0.4) is 0 Å². The maximum Gasteiger partial charge on any atom is 0.143 e. The number of rotatable bonds is 2. The Morgan fingerprint density at radius 2 is 2.50 bits per heavy atom. The summed E-state index contributed by atoms with van der Waals surface area (Å²) in [6.45, 7) is 1.16. The first-order chi connectivity index (χ1) is 6.84. The molecule has 4 rings (SSSR count). The van der Waals surface area contributed by atoms with Crippen LogP contribution in [0.5, 0.6) is 0 Å². The first kappa shape index (κ1) is 8.84. The van der Waals surface area contributed by atoms with Gasteiger partial charge in [0, 0.05) is 24.8 Å². The molecule has 3 heterocycles. The Hall–Kier alpha value is -0.430. The van der Waals surface area contributed by atoms with Gasteiger partial charge in [0.2, 0.25) is 0 Å². The molecule has 3 fully saturated rings. The number of hydrogen-bond acceptors (Lipinski definition) is 4. The van der Waals surface area contributed by atoms with Gasteiger partial charge in [-0.05, 0) is 34.9 Å². The molecule has 0 amide bonds. The van der Waals surface area contributed by atoms with Crippen molar-refractivity contribution < 1.29 is 0 Å². The van der Waals surface area contributed by atoms with E-state index >= 15 is 0 Å². The number of hydrogen-bond donors (Lipinski definition) is 2. The van der Waals surface area contributed by atoms with E-state index in [1.165, 1.54) is 6.42 Å². The summed E-state index contributed by atoms with van der Waals surface area (Å²) in [5, 5.41) is 6.96. The fourth-order valence-electron chi connectivity index (χ4n) is 2.27. The van der Waals surface area contributed by atoms with Gasteiger partial charge >= 0.3 is 0 Å². The van der Waals surface area contributed by atoms with Crippen LogP contribution in [0.15, 0.2) is 12.5 Å². The predicted octanol–water partition coefficient (Wildman–Crippen LogP) is 0.853. The molecule has 2 bridgehead atoms. The van der Waals surface area contributed by atoms with Crippen molar-refractivity contribution in [2.24, 2.45) is 5.92 Å². The molecule has 74 valence electrons. The zero-order chi connectivity index (χ0) is 9.54. The summed E-state index contributed by atoms with van der Waals surface area (Å²) in [6, 6.07) is 1.24. The fraction of sp³-hybridized carbons (Fsp3) is 0.556. The third-order valence-corrected chi connectivity index (χ3v) is 3.90. The number of halogens is 1. The van der Waals surface area contributed by atoms with E-state index in [1.807, 2.05) is 6.20 Å². The van der Waals surface area contributed by atoms with Gasteiger partial charge in [0.25, 0.3) is 0 Å². The minimum Gasteiger partial charge on any atom is -0.364 e. The summed E-state index contributed by atoms with van der Waals surface area (Å²) in [7, 11) is 0. The molecular weight excluding hydrogens is 291 g/mol. The molecule has 2 saturated heterocycles. The molecule has 2 aliphatic heterocycles. The van der Waals surface area contributed by atoms with Gasteiger partial charge in [-0.15, -0.1) is 0 Å². The SMILES string of the molecule is Ic1cncnc1NC1C2CNC1C2. The normalized spacial score (nSPS) is 33.9. The first-order valence-electron chi connectivity index (χ1n) is 4.80. The van der Waals surface area contributed by atoms with E-state index in [9.17, 15) is 0 Å². The molecule has 5 heteroatoms. The second-order valence-corrected chi connectivity index (χ2v) is 5.06. The topological polar surface area (TPSA) is 49.8 Å². The van der Waals surface area contributed by atoms with Crippen LogP contribution in [-0.4, -0.2) is 28.6 Å². The van der Waals surface area contributed by atoms with Crippen LogP contribution in [0.25, 0.3) is 0 Å². The first-order valence-corrected chi connectivity index (χ1v) is 5.88. The maximum atomic E-state index is 4.24. The zero-order valence-corrected chi connectivity index (χ0v) is 9.73. The molecule has 3 atom stereocenters. The molecule has 1 aliphatic carbocycles. The summed E-state index contributed by atoms with van der Waals surface area (Å²) in [4.78, 5) is 8.21. The highest BCUT2D eigenvalue weighted by Gasteiger charge is 2.46. The van der Waals surface area contributed by atoms with E-state index in [-0.39, 0.29) is 0 Å².